The third-order valence-electron chi connectivity index (χ3n) is 3.92. The van der Waals surface area contributed by atoms with Crippen LogP contribution in [0.2, 0.25) is 0 Å². The van der Waals surface area contributed by atoms with Crippen molar-refractivity contribution >= 4 is 35.6 Å². The second-order valence-electron chi connectivity index (χ2n) is 5.76. The molecule has 1 aliphatic heterocycles. The zero-order valence-electron chi connectivity index (χ0n) is 15.5. The number of ether oxygens (including phenoxy) is 1. The van der Waals surface area contributed by atoms with Crippen molar-refractivity contribution in [1.29, 1.82) is 10.7 Å². The van der Waals surface area contributed by atoms with Crippen LogP contribution in [-0.2, 0) is 0 Å². The number of amides is 1. The Morgan fingerprint density at radius 3 is 3.14 bits per heavy atom. The molecule has 1 aliphatic rings. The number of nitrogens with zero attached hydrogens (tertiary/aromatic N) is 5. The van der Waals surface area contributed by atoms with E-state index in [4.69, 9.17) is 15.4 Å². The van der Waals surface area contributed by atoms with Crippen LogP contribution in [0.15, 0.2) is 28.8 Å². The molecule has 0 aliphatic carbocycles. The first kappa shape index (κ1) is 21.5. The molecule has 29 heavy (non-hydrogen) atoms. The largest absolute Gasteiger partial charge is 0.472 e. The van der Waals surface area contributed by atoms with Crippen LogP contribution in [0.25, 0.3) is 0 Å². The lowest BCUT2D eigenvalue weighted by Crippen LogP contribution is -2.44. The van der Waals surface area contributed by atoms with Crippen LogP contribution in [-0.4, -0.2) is 51.8 Å². The molecule has 148 valence electrons. The van der Waals surface area contributed by atoms with Gasteiger partial charge in [-0.2, -0.15) is 14.7 Å². The van der Waals surface area contributed by atoms with Crippen LogP contribution in [0, 0.1) is 29.6 Å². The summed E-state index contributed by atoms with van der Waals surface area (Å²) in [5, 5.41) is 21.4. The molecule has 0 unspecified atom stereocenters. The number of piperidine rings is 1. The summed E-state index contributed by atoms with van der Waals surface area (Å²) >= 11 is 1.16. The molecule has 9 nitrogen and oxygen atoms in total. The smallest absolute Gasteiger partial charge is 0.275 e. The number of carbonyl (C=O) groups is 1. The minimum Gasteiger partial charge on any atom is -0.472 e. The van der Waals surface area contributed by atoms with E-state index >= 15 is 0 Å². The van der Waals surface area contributed by atoms with Crippen molar-refractivity contribution in [3.05, 3.63) is 35.0 Å². The van der Waals surface area contributed by atoms with Gasteiger partial charge in [-0.1, -0.05) is 0 Å². The maximum atomic E-state index is 12.8. The van der Waals surface area contributed by atoms with E-state index in [1.165, 1.54) is 12.4 Å². The molecule has 0 bridgehead atoms. The van der Waals surface area contributed by atoms with E-state index < -0.39 is 0 Å². The Bertz CT molecular complexity index is 932. The molecule has 2 N–H and O–H groups in total. The highest BCUT2D eigenvalue weighted by Crippen LogP contribution is 2.23. The Balaban J connectivity index is 0.00000145. The first-order chi connectivity index (χ1) is 14.2. The van der Waals surface area contributed by atoms with E-state index in [-0.39, 0.29) is 12.0 Å². The molecule has 2 aromatic rings. The van der Waals surface area contributed by atoms with E-state index in [9.17, 15) is 4.79 Å². The first-order valence-corrected chi connectivity index (χ1v) is 9.43. The molecule has 2 aromatic heterocycles. The van der Waals surface area contributed by atoms with Crippen LogP contribution in [0.3, 0.4) is 0 Å². The first-order valence-electron chi connectivity index (χ1n) is 8.59. The van der Waals surface area contributed by atoms with Crippen molar-refractivity contribution in [1.82, 2.24) is 14.3 Å². The number of aromatic nitrogens is 2. The Hall–Kier alpha value is -3.76. The number of hydrogen-bond acceptors (Lipinski definition) is 9. The molecule has 1 atom stereocenters. The topological polar surface area (TPSA) is 127 Å². The number of anilines is 1. The number of hydrogen-bond donors (Lipinski definition) is 2. The fourth-order valence-corrected chi connectivity index (χ4v) is 3.30. The fourth-order valence-electron chi connectivity index (χ4n) is 2.70. The summed E-state index contributed by atoms with van der Waals surface area (Å²) in [5.41, 5.74) is 4.01. The van der Waals surface area contributed by atoms with Gasteiger partial charge in [0.2, 0.25) is 5.88 Å². The van der Waals surface area contributed by atoms with Gasteiger partial charge < -0.3 is 15.0 Å². The van der Waals surface area contributed by atoms with E-state index in [0.29, 0.717) is 35.9 Å². The molecule has 0 saturated carbocycles. The van der Waals surface area contributed by atoms with Gasteiger partial charge in [0, 0.05) is 30.4 Å². The third-order valence-corrected chi connectivity index (χ3v) is 4.55. The lowest BCUT2D eigenvalue weighted by atomic mass is 10.1. The summed E-state index contributed by atoms with van der Waals surface area (Å²) in [5.74, 6) is 0.182. The number of nitriles is 1. The molecule has 0 radical (unpaired) electrons. The lowest BCUT2D eigenvalue weighted by molar-refractivity contribution is 0.0524. The second-order valence-corrected chi connectivity index (χ2v) is 6.39. The predicted molar refractivity (Wildman–Crippen MR) is 111 cm³/mol. The van der Waals surface area contributed by atoms with Crippen molar-refractivity contribution in [3.63, 3.8) is 0 Å². The fraction of sp³-hybridized carbons (Fsp3) is 0.263. The maximum absolute atomic E-state index is 12.8. The third kappa shape index (κ3) is 5.86. The van der Waals surface area contributed by atoms with Gasteiger partial charge in [0.25, 0.3) is 5.91 Å². The van der Waals surface area contributed by atoms with Crippen molar-refractivity contribution in [2.24, 2.45) is 5.10 Å². The lowest BCUT2D eigenvalue weighted by Gasteiger charge is -2.32. The monoisotopic (exact) mass is 409 g/mol. The van der Waals surface area contributed by atoms with E-state index in [1.54, 1.807) is 22.4 Å². The van der Waals surface area contributed by atoms with Crippen LogP contribution in [0.5, 0.6) is 5.88 Å². The Morgan fingerprint density at radius 2 is 2.38 bits per heavy atom. The predicted octanol–water partition coefficient (Wildman–Crippen LogP) is 2.39. The summed E-state index contributed by atoms with van der Waals surface area (Å²) < 4.78 is 10.0. The molecule has 0 aromatic carbocycles. The van der Waals surface area contributed by atoms with E-state index in [0.717, 1.165) is 30.6 Å². The molecule has 3 heterocycles. The number of terminal acetylenes is 1. The van der Waals surface area contributed by atoms with Gasteiger partial charge in [0.05, 0.1) is 30.1 Å². The summed E-state index contributed by atoms with van der Waals surface area (Å²) in [7, 11) is 0. The van der Waals surface area contributed by atoms with Gasteiger partial charge in [-0.05, 0) is 30.4 Å². The number of hydrazone groups is 1. The Morgan fingerprint density at radius 1 is 1.55 bits per heavy atom. The zero-order chi connectivity index (χ0) is 21.1. The van der Waals surface area contributed by atoms with Crippen molar-refractivity contribution in [2.75, 3.05) is 18.5 Å². The van der Waals surface area contributed by atoms with Crippen molar-refractivity contribution in [2.45, 2.75) is 18.9 Å². The van der Waals surface area contributed by atoms with Crippen LogP contribution < -0.4 is 10.2 Å². The van der Waals surface area contributed by atoms with Gasteiger partial charge in [-0.3, -0.25) is 10.2 Å². The van der Waals surface area contributed by atoms with Gasteiger partial charge in [-0.25, -0.2) is 4.98 Å². The van der Waals surface area contributed by atoms with Gasteiger partial charge >= 0.3 is 0 Å². The summed E-state index contributed by atoms with van der Waals surface area (Å²) in [6.45, 7) is 1.03. The zero-order valence-corrected chi connectivity index (χ0v) is 16.3. The number of pyridine rings is 1. The summed E-state index contributed by atoms with van der Waals surface area (Å²) in [6.07, 6.45) is 13.2. The minimum absolute atomic E-state index is 0.198. The molecule has 1 amide bonds. The molecule has 1 saturated heterocycles. The van der Waals surface area contributed by atoms with Crippen LogP contribution >= 0.6 is 11.5 Å². The Kier molecular flexibility index (Phi) is 8.29. The minimum atomic E-state index is -0.199. The van der Waals surface area contributed by atoms with Crippen molar-refractivity contribution in [3.8, 4) is 24.8 Å². The van der Waals surface area contributed by atoms with E-state index in [2.05, 4.69) is 38.8 Å². The normalized spacial score (nSPS) is 15.6. The number of carbonyl (C=O) groups excluding carboxylic acids is 1. The van der Waals surface area contributed by atoms with Crippen LogP contribution in [0.1, 0.15) is 28.9 Å². The SMILES string of the molecule is C#C.N#Cc1ccnc(O[C@@H]2CCCN(C(=O)c3nscc3N/N=C\C=N)C2)c1. The second kappa shape index (κ2) is 11.2. The maximum Gasteiger partial charge on any atom is 0.275 e. The standard InChI is InChI=1S/C17H17N7O2S.C2H2/c18-4-6-21-22-14-11-27-23-16(14)17(25)24-7-1-2-13(10-24)26-15-8-12(9-19)3-5-20-15;1-2/h3-6,8,11,13,18,22H,1-2,7,10H2;1-2H/b18-4?,21-6-;/t13-;/m1./s1. The van der Waals surface area contributed by atoms with Gasteiger partial charge in [0.15, 0.2) is 5.69 Å². The quantitative estimate of drug-likeness (QED) is 0.428. The molecule has 0 spiro atoms. The highest BCUT2D eigenvalue weighted by molar-refractivity contribution is 7.04. The number of likely N-dealkylation sites (tertiary alicyclic amines) is 1. The van der Waals surface area contributed by atoms with Crippen molar-refractivity contribution < 1.29 is 9.53 Å². The molecule has 1 fully saturated rings. The highest BCUT2D eigenvalue weighted by Gasteiger charge is 2.28. The highest BCUT2D eigenvalue weighted by atomic mass is 32.1. The number of rotatable bonds is 6. The van der Waals surface area contributed by atoms with Gasteiger partial charge in [0.1, 0.15) is 6.10 Å². The van der Waals surface area contributed by atoms with E-state index in [1.807, 2.05) is 0 Å². The van der Waals surface area contributed by atoms with Gasteiger partial charge in [-0.15, -0.1) is 12.8 Å². The Labute approximate surface area is 172 Å². The summed E-state index contributed by atoms with van der Waals surface area (Å²) in [6, 6.07) is 5.25. The molecular weight excluding hydrogens is 390 g/mol. The molecule has 3 rings (SSSR count). The average molecular weight is 409 g/mol. The summed E-state index contributed by atoms with van der Waals surface area (Å²) in [4.78, 5) is 18.7. The number of nitrogens with one attached hydrogen (secondary N) is 2. The molecular formula is C19H19N7O2S. The molecule has 10 heteroatoms. The average Bonchev–Trinajstić information content (AvgIpc) is 3.23. The van der Waals surface area contributed by atoms with Crippen LogP contribution in [0.4, 0.5) is 5.69 Å².